The van der Waals surface area contributed by atoms with Crippen molar-refractivity contribution in [3.8, 4) is 17.2 Å². The zero-order valence-electron chi connectivity index (χ0n) is 16.3. The number of piperidine rings is 1. The van der Waals surface area contributed by atoms with E-state index in [1.165, 1.54) is 6.33 Å². The van der Waals surface area contributed by atoms with Crippen molar-refractivity contribution >= 4 is 16.7 Å². The second-order valence-electron chi connectivity index (χ2n) is 7.38. The van der Waals surface area contributed by atoms with Gasteiger partial charge in [0.2, 0.25) is 0 Å². The summed E-state index contributed by atoms with van der Waals surface area (Å²) in [6, 6.07) is 12.3. The summed E-state index contributed by atoms with van der Waals surface area (Å²) in [5.74, 6) is 0.386. The summed E-state index contributed by atoms with van der Waals surface area (Å²) in [5.41, 5.74) is 5.17. The van der Waals surface area contributed by atoms with E-state index in [1.807, 2.05) is 18.3 Å². The van der Waals surface area contributed by atoms with E-state index in [0.29, 0.717) is 11.6 Å². The number of hydrogen-bond acceptors (Lipinski definition) is 7. The Balaban J connectivity index is 1.34. The molecule has 1 aliphatic rings. The minimum absolute atomic E-state index is 0.386. The molecule has 5 rings (SSSR count). The van der Waals surface area contributed by atoms with Crippen molar-refractivity contribution in [2.75, 3.05) is 18.0 Å². The van der Waals surface area contributed by atoms with Crippen LogP contribution in [-0.2, 0) is 0 Å². The fraction of sp³-hybridized carbons (Fsp3) is 0.217. The lowest BCUT2D eigenvalue weighted by molar-refractivity contribution is 0.497. The van der Waals surface area contributed by atoms with Crippen molar-refractivity contribution in [2.45, 2.75) is 18.8 Å². The van der Waals surface area contributed by atoms with Gasteiger partial charge < -0.3 is 4.90 Å². The molecule has 0 aliphatic carbocycles. The van der Waals surface area contributed by atoms with Crippen LogP contribution in [-0.4, -0.2) is 38.0 Å². The predicted molar refractivity (Wildman–Crippen MR) is 114 cm³/mol. The van der Waals surface area contributed by atoms with Crippen LogP contribution in [0.4, 0.5) is 5.69 Å². The fourth-order valence-electron chi connectivity index (χ4n) is 4.01. The minimum Gasteiger partial charge on any atom is -0.369 e. The number of nitriles is 1. The van der Waals surface area contributed by atoms with Crippen LogP contribution in [0.25, 0.3) is 22.2 Å². The topological polar surface area (TPSA) is 91.5 Å². The molecule has 0 aromatic carbocycles. The number of anilines is 1. The molecule has 0 atom stereocenters. The van der Waals surface area contributed by atoms with E-state index in [-0.39, 0.29) is 0 Å². The Morgan fingerprint density at radius 3 is 2.60 bits per heavy atom. The van der Waals surface area contributed by atoms with E-state index in [0.717, 1.165) is 59.5 Å². The molecule has 5 heterocycles. The van der Waals surface area contributed by atoms with Crippen molar-refractivity contribution in [3.63, 3.8) is 0 Å². The maximum Gasteiger partial charge on any atom is 0.163 e. The molecule has 0 N–H and O–H groups in total. The van der Waals surface area contributed by atoms with Gasteiger partial charge in [-0.2, -0.15) is 5.26 Å². The van der Waals surface area contributed by atoms with E-state index in [1.54, 1.807) is 18.6 Å². The summed E-state index contributed by atoms with van der Waals surface area (Å²) in [4.78, 5) is 24.0. The molecule has 4 aromatic heterocycles. The second-order valence-corrected chi connectivity index (χ2v) is 7.38. The predicted octanol–water partition coefficient (Wildman–Crippen LogP) is 3.74. The van der Waals surface area contributed by atoms with Crippen molar-refractivity contribution in [1.29, 1.82) is 5.26 Å². The van der Waals surface area contributed by atoms with E-state index in [2.05, 4.69) is 49.1 Å². The fourth-order valence-corrected chi connectivity index (χ4v) is 4.01. The van der Waals surface area contributed by atoms with Gasteiger partial charge in [0.05, 0.1) is 5.69 Å². The van der Waals surface area contributed by atoms with Crippen molar-refractivity contribution in [3.05, 3.63) is 72.8 Å². The van der Waals surface area contributed by atoms with Gasteiger partial charge >= 0.3 is 0 Å². The van der Waals surface area contributed by atoms with Gasteiger partial charge in [-0.05, 0) is 43.2 Å². The van der Waals surface area contributed by atoms with Gasteiger partial charge in [0.15, 0.2) is 11.3 Å². The smallest absolute Gasteiger partial charge is 0.163 e. The largest absolute Gasteiger partial charge is 0.369 e. The van der Waals surface area contributed by atoms with Crippen molar-refractivity contribution < 1.29 is 0 Å². The molecule has 7 heteroatoms. The molecule has 0 amide bonds. The van der Waals surface area contributed by atoms with E-state index < -0.39 is 0 Å². The number of rotatable bonds is 3. The number of pyridine rings is 3. The zero-order valence-corrected chi connectivity index (χ0v) is 16.3. The van der Waals surface area contributed by atoms with Crippen LogP contribution in [0.1, 0.15) is 30.1 Å². The molecule has 146 valence electrons. The first-order chi connectivity index (χ1) is 14.8. The monoisotopic (exact) mass is 393 g/mol. The lowest BCUT2D eigenvalue weighted by atomic mass is 9.92. The van der Waals surface area contributed by atoms with Gasteiger partial charge in [0.1, 0.15) is 12.4 Å². The second kappa shape index (κ2) is 7.84. The first kappa shape index (κ1) is 18.1. The Bertz CT molecular complexity index is 1230. The summed E-state index contributed by atoms with van der Waals surface area (Å²) >= 11 is 0. The van der Waals surface area contributed by atoms with Crippen LogP contribution in [0.2, 0.25) is 0 Å². The van der Waals surface area contributed by atoms with E-state index in [4.69, 9.17) is 4.98 Å². The van der Waals surface area contributed by atoms with Gasteiger partial charge in [-0.3, -0.25) is 0 Å². The molecule has 1 aliphatic heterocycles. The van der Waals surface area contributed by atoms with Crippen molar-refractivity contribution in [2.24, 2.45) is 0 Å². The molecule has 0 saturated carbocycles. The first-order valence-corrected chi connectivity index (χ1v) is 9.94. The maximum atomic E-state index is 9.31. The molecule has 0 radical (unpaired) electrons. The number of aromatic nitrogens is 5. The SMILES string of the molecule is N#Cc1ncccc1N1CCC(c2ccc3cc(-c4cncnc4)cnc3n2)CC1. The highest BCUT2D eigenvalue weighted by Crippen LogP contribution is 2.31. The molecule has 0 bridgehead atoms. The molecular weight excluding hydrogens is 374 g/mol. The number of fused-ring (bicyclic) bond motifs is 1. The highest BCUT2D eigenvalue weighted by Gasteiger charge is 2.23. The summed E-state index contributed by atoms with van der Waals surface area (Å²) < 4.78 is 0. The molecule has 7 nitrogen and oxygen atoms in total. The Morgan fingerprint density at radius 1 is 0.967 bits per heavy atom. The minimum atomic E-state index is 0.386. The van der Waals surface area contributed by atoms with Gasteiger partial charge in [-0.15, -0.1) is 0 Å². The van der Waals surface area contributed by atoms with Crippen LogP contribution < -0.4 is 4.90 Å². The average Bonchev–Trinajstić information content (AvgIpc) is 2.84. The van der Waals surface area contributed by atoms with Crippen LogP contribution in [0.5, 0.6) is 0 Å². The summed E-state index contributed by atoms with van der Waals surface area (Å²) in [6.45, 7) is 1.76. The van der Waals surface area contributed by atoms with Crippen LogP contribution in [0.15, 0.2) is 61.4 Å². The first-order valence-electron chi connectivity index (χ1n) is 9.94. The summed E-state index contributed by atoms with van der Waals surface area (Å²) in [5, 5.41) is 10.3. The highest BCUT2D eigenvalue weighted by molar-refractivity contribution is 5.80. The van der Waals surface area contributed by atoms with E-state index in [9.17, 15) is 5.26 Å². The lowest BCUT2D eigenvalue weighted by Crippen LogP contribution is -2.33. The molecular formula is C23H19N7. The van der Waals surface area contributed by atoms with Gasteiger partial charge in [0.25, 0.3) is 0 Å². The Morgan fingerprint density at radius 2 is 1.80 bits per heavy atom. The normalized spacial score (nSPS) is 14.6. The average molecular weight is 393 g/mol. The lowest BCUT2D eigenvalue weighted by Gasteiger charge is -2.33. The molecule has 1 saturated heterocycles. The van der Waals surface area contributed by atoms with Gasteiger partial charge in [0, 0.05) is 66.0 Å². The molecule has 0 unspecified atom stereocenters. The Kier molecular flexibility index (Phi) is 4.74. The third-order valence-electron chi connectivity index (χ3n) is 5.60. The number of nitrogens with zero attached hydrogens (tertiary/aromatic N) is 7. The van der Waals surface area contributed by atoms with E-state index >= 15 is 0 Å². The zero-order chi connectivity index (χ0) is 20.3. The van der Waals surface area contributed by atoms with Crippen LogP contribution >= 0.6 is 0 Å². The van der Waals surface area contributed by atoms with Gasteiger partial charge in [-0.1, -0.05) is 0 Å². The van der Waals surface area contributed by atoms with Crippen LogP contribution in [0, 0.1) is 11.3 Å². The summed E-state index contributed by atoms with van der Waals surface area (Å²) in [7, 11) is 0. The third-order valence-corrected chi connectivity index (χ3v) is 5.60. The maximum absolute atomic E-state index is 9.31. The van der Waals surface area contributed by atoms with Crippen LogP contribution in [0.3, 0.4) is 0 Å². The molecule has 0 spiro atoms. The molecule has 4 aromatic rings. The third kappa shape index (κ3) is 3.44. The van der Waals surface area contributed by atoms with Crippen molar-refractivity contribution in [1.82, 2.24) is 24.9 Å². The quantitative estimate of drug-likeness (QED) is 0.523. The number of hydrogen-bond donors (Lipinski definition) is 0. The van der Waals surface area contributed by atoms with Gasteiger partial charge in [-0.25, -0.2) is 24.9 Å². The summed E-state index contributed by atoms with van der Waals surface area (Å²) in [6.07, 6.45) is 10.5. The molecule has 1 fully saturated rings. The Labute approximate surface area is 174 Å². The highest BCUT2D eigenvalue weighted by atomic mass is 15.1. The standard InChI is InChI=1S/C23H19N7/c24-11-21-22(2-1-7-27-21)30-8-5-16(6-9-30)20-4-3-17-10-18(14-28-23(17)29-20)19-12-25-15-26-13-19/h1-4,7,10,12-16H,5-6,8-9H2. The Hall–Kier alpha value is -3.92. The molecule has 30 heavy (non-hydrogen) atoms.